The standard InChI is InChI=1S/C22H33N5O3/c1-14(2)23-22(30)24-19-4-5-20-17-10-16(12-27(20)21(19)29)11-26(13-17)18-6-8-25(9-7-18)15(3)28/h4-5,14,16-18H,6-13H2,1-3H3,(H2,23,24,30)/t16-,17+/m0/s1. The molecule has 30 heavy (non-hydrogen) atoms. The predicted molar refractivity (Wildman–Crippen MR) is 116 cm³/mol. The molecule has 164 valence electrons. The van der Waals surface area contributed by atoms with Gasteiger partial charge in [0.25, 0.3) is 5.56 Å². The first-order chi connectivity index (χ1) is 14.3. The number of nitrogens with one attached hydrogen (secondary N) is 2. The average molecular weight is 416 g/mol. The largest absolute Gasteiger partial charge is 0.343 e. The highest BCUT2D eigenvalue weighted by Crippen LogP contribution is 2.37. The van der Waals surface area contributed by atoms with Gasteiger partial charge >= 0.3 is 6.03 Å². The summed E-state index contributed by atoms with van der Waals surface area (Å²) in [5, 5.41) is 5.47. The topological polar surface area (TPSA) is 86.7 Å². The van der Waals surface area contributed by atoms with Gasteiger partial charge in [-0.15, -0.1) is 0 Å². The zero-order valence-electron chi connectivity index (χ0n) is 18.2. The zero-order valence-corrected chi connectivity index (χ0v) is 18.2. The Morgan fingerprint density at radius 3 is 2.50 bits per heavy atom. The van der Waals surface area contributed by atoms with Gasteiger partial charge in [-0.25, -0.2) is 4.79 Å². The van der Waals surface area contributed by atoms with Crippen LogP contribution in [0.1, 0.15) is 51.6 Å². The quantitative estimate of drug-likeness (QED) is 0.788. The number of fused-ring (bicyclic) bond motifs is 4. The Balaban J connectivity index is 1.46. The van der Waals surface area contributed by atoms with Crippen molar-refractivity contribution in [1.82, 2.24) is 19.7 Å². The molecule has 0 radical (unpaired) electrons. The number of rotatable bonds is 3. The Bertz CT molecular complexity index is 872. The second-order valence-electron chi connectivity index (χ2n) is 9.33. The van der Waals surface area contributed by atoms with E-state index in [4.69, 9.17) is 0 Å². The lowest BCUT2D eigenvalue weighted by Crippen LogP contribution is -2.53. The number of carbonyl (C=O) groups excluding carboxylic acids is 2. The van der Waals surface area contributed by atoms with Crippen molar-refractivity contribution in [2.24, 2.45) is 5.92 Å². The maximum absolute atomic E-state index is 13.0. The first-order valence-corrected chi connectivity index (χ1v) is 11.1. The van der Waals surface area contributed by atoms with Crippen molar-refractivity contribution >= 4 is 17.6 Å². The number of urea groups is 1. The van der Waals surface area contributed by atoms with Crippen molar-refractivity contribution in [3.63, 3.8) is 0 Å². The summed E-state index contributed by atoms with van der Waals surface area (Å²) in [4.78, 5) is 41.2. The summed E-state index contributed by atoms with van der Waals surface area (Å²) in [6.45, 7) is 9.77. The van der Waals surface area contributed by atoms with Gasteiger partial charge in [-0.2, -0.15) is 0 Å². The van der Waals surface area contributed by atoms with E-state index in [1.165, 1.54) is 0 Å². The molecule has 0 aliphatic carbocycles. The fourth-order valence-corrected chi connectivity index (χ4v) is 5.34. The third kappa shape index (κ3) is 4.24. The molecule has 3 amide bonds. The number of likely N-dealkylation sites (tertiary alicyclic amines) is 2. The minimum Gasteiger partial charge on any atom is -0.343 e. The van der Waals surface area contributed by atoms with Crippen molar-refractivity contribution < 1.29 is 9.59 Å². The molecule has 1 aromatic rings. The smallest absolute Gasteiger partial charge is 0.319 e. The van der Waals surface area contributed by atoms with Crippen LogP contribution in [-0.4, -0.2) is 64.6 Å². The van der Waals surface area contributed by atoms with E-state index in [1.807, 2.05) is 29.4 Å². The van der Waals surface area contributed by atoms with Gasteiger partial charge < -0.3 is 20.1 Å². The maximum Gasteiger partial charge on any atom is 0.319 e. The summed E-state index contributed by atoms with van der Waals surface area (Å²) in [5.41, 5.74) is 1.31. The first kappa shape index (κ1) is 20.9. The summed E-state index contributed by atoms with van der Waals surface area (Å²) >= 11 is 0. The SMILES string of the molecule is CC(=O)N1CCC(N2C[C@@H]3C[C@H](C2)c2ccc(NC(=O)NC(C)C)c(=O)n2C3)CC1. The number of nitrogens with zero attached hydrogens (tertiary/aromatic N) is 3. The van der Waals surface area contributed by atoms with Crippen molar-refractivity contribution in [1.29, 1.82) is 0 Å². The number of amides is 3. The summed E-state index contributed by atoms with van der Waals surface area (Å²) in [6.07, 6.45) is 3.17. The fourth-order valence-electron chi connectivity index (χ4n) is 5.34. The lowest BCUT2D eigenvalue weighted by molar-refractivity contribution is -0.130. The summed E-state index contributed by atoms with van der Waals surface area (Å²) in [5.74, 6) is 0.956. The minimum absolute atomic E-state index is 0.0121. The normalized spacial score (nSPS) is 24.5. The molecular formula is C22H33N5O3. The van der Waals surface area contributed by atoms with Crippen LogP contribution in [0.4, 0.5) is 10.5 Å². The number of pyridine rings is 1. The zero-order chi connectivity index (χ0) is 21.4. The summed E-state index contributed by atoms with van der Waals surface area (Å²) in [6, 6.07) is 3.94. The maximum atomic E-state index is 13.0. The molecule has 2 atom stereocenters. The van der Waals surface area contributed by atoms with Gasteiger partial charge in [0.2, 0.25) is 5.91 Å². The van der Waals surface area contributed by atoms with E-state index in [9.17, 15) is 14.4 Å². The summed E-state index contributed by atoms with van der Waals surface area (Å²) in [7, 11) is 0. The number of carbonyl (C=O) groups is 2. The van der Waals surface area contributed by atoms with Crippen molar-refractivity contribution in [3.8, 4) is 0 Å². The number of hydrogen-bond acceptors (Lipinski definition) is 4. The van der Waals surface area contributed by atoms with Gasteiger partial charge in [0.15, 0.2) is 0 Å². The van der Waals surface area contributed by atoms with E-state index in [0.29, 0.717) is 30.1 Å². The van der Waals surface area contributed by atoms with Crippen molar-refractivity contribution in [3.05, 3.63) is 28.2 Å². The lowest BCUT2D eigenvalue weighted by Gasteiger charge is -2.47. The predicted octanol–water partition coefficient (Wildman–Crippen LogP) is 1.81. The van der Waals surface area contributed by atoms with Crippen LogP contribution < -0.4 is 16.2 Å². The van der Waals surface area contributed by atoms with Gasteiger partial charge in [-0.3, -0.25) is 14.5 Å². The van der Waals surface area contributed by atoms with Crippen LogP contribution in [0, 0.1) is 5.92 Å². The molecule has 0 unspecified atom stereocenters. The van der Waals surface area contributed by atoms with E-state index in [2.05, 4.69) is 15.5 Å². The number of aromatic nitrogens is 1. The molecule has 2 saturated heterocycles. The molecule has 0 spiro atoms. The van der Waals surface area contributed by atoms with Crippen LogP contribution in [0.2, 0.25) is 0 Å². The second-order valence-corrected chi connectivity index (χ2v) is 9.33. The highest BCUT2D eigenvalue weighted by Gasteiger charge is 2.38. The number of anilines is 1. The molecule has 2 fully saturated rings. The second kappa shape index (κ2) is 8.41. The van der Waals surface area contributed by atoms with E-state index in [1.54, 1.807) is 13.0 Å². The molecule has 4 heterocycles. The molecule has 2 bridgehead atoms. The van der Waals surface area contributed by atoms with E-state index in [0.717, 1.165) is 51.1 Å². The van der Waals surface area contributed by atoms with E-state index in [-0.39, 0.29) is 23.5 Å². The summed E-state index contributed by atoms with van der Waals surface area (Å²) < 4.78 is 1.87. The molecular weight excluding hydrogens is 382 g/mol. The Morgan fingerprint density at radius 2 is 1.83 bits per heavy atom. The third-order valence-corrected chi connectivity index (χ3v) is 6.73. The highest BCUT2D eigenvalue weighted by atomic mass is 16.2. The molecule has 2 N–H and O–H groups in total. The molecule has 3 aliphatic rings. The van der Waals surface area contributed by atoms with Gasteiger partial charge in [0.1, 0.15) is 5.69 Å². The monoisotopic (exact) mass is 415 g/mol. The molecule has 3 aliphatic heterocycles. The molecule has 1 aromatic heterocycles. The van der Waals surface area contributed by atoms with E-state index < -0.39 is 0 Å². The molecule has 0 saturated carbocycles. The van der Waals surface area contributed by atoms with Gasteiger partial charge in [-0.1, -0.05) is 0 Å². The van der Waals surface area contributed by atoms with Gasteiger partial charge in [-0.05, 0) is 51.2 Å². The number of hydrogen-bond donors (Lipinski definition) is 2. The molecule has 0 aromatic carbocycles. The lowest BCUT2D eigenvalue weighted by atomic mass is 9.82. The van der Waals surface area contributed by atoms with Gasteiger partial charge in [0, 0.05) is 63.3 Å². The molecule has 8 nitrogen and oxygen atoms in total. The van der Waals surface area contributed by atoms with Crippen LogP contribution in [-0.2, 0) is 11.3 Å². The van der Waals surface area contributed by atoms with Crippen LogP contribution in [0.25, 0.3) is 0 Å². The van der Waals surface area contributed by atoms with Crippen LogP contribution >= 0.6 is 0 Å². The third-order valence-electron chi connectivity index (χ3n) is 6.73. The van der Waals surface area contributed by atoms with Crippen LogP contribution in [0.3, 0.4) is 0 Å². The Morgan fingerprint density at radius 1 is 1.10 bits per heavy atom. The Labute approximate surface area is 177 Å². The average Bonchev–Trinajstić information content (AvgIpc) is 2.70. The Hall–Kier alpha value is -2.35. The fraction of sp³-hybridized carbons (Fsp3) is 0.682. The van der Waals surface area contributed by atoms with E-state index >= 15 is 0 Å². The highest BCUT2D eigenvalue weighted by molar-refractivity contribution is 5.89. The van der Waals surface area contributed by atoms with Crippen molar-refractivity contribution in [2.75, 3.05) is 31.5 Å². The Kier molecular flexibility index (Phi) is 5.86. The van der Waals surface area contributed by atoms with Gasteiger partial charge in [0.05, 0.1) is 0 Å². The number of piperidine rings is 2. The van der Waals surface area contributed by atoms with Crippen LogP contribution in [0.5, 0.6) is 0 Å². The molecule has 4 rings (SSSR count). The first-order valence-electron chi connectivity index (χ1n) is 11.1. The molecule has 8 heteroatoms. The minimum atomic E-state index is -0.346. The van der Waals surface area contributed by atoms with Crippen molar-refractivity contribution in [2.45, 2.75) is 64.6 Å². The van der Waals surface area contributed by atoms with Crippen LogP contribution in [0.15, 0.2) is 16.9 Å².